The van der Waals surface area contributed by atoms with E-state index in [4.69, 9.17) is 9.47 Å². The van der Waals surface area contributed by atoms with E-state index < -0.39 is 0 Å². The van der Waals surface area contributed by atoms with E-state index in [0.717, 1.165) is 0 Å². The molecule has 5 nitrogen and oxygen atoms in total. The lowest BCUT2D eigenvalue weighted by molar-refractivity contribution is 0.102. The van der Waals surface area contributed by atoms with E-state index in [0.29, 0.717) is 33.9 Å². The number of ether oxygens (including phenoxy) is 2. The molecule has 1 heterocycles. The molecule has 128 valence electrons. The Bertz CT molecular complexity index is 965. The lowest BCUT2D eigenvalue weighted by Gasteiger charge is -2.07. The summed E-state index contributed by atoms with van der Waals surface area (Å²) in [5.41, 5.74) is 2.23. The van der Waals surface area contributed by atoms with Gasteiger partial charge in [-0.3, -0.25) is 9.59 Å². The number of nitrogens with one attached hydrogen (secondary N) is 1. The Morgan fingerprint density at radius 3 is 2.15 bits per heavy atom. The van der Waals surface area contributed by atoms with Crippen LogP contribution in [0.15, 0.2) is 72.8 Å². The number of rotatable bonds is 4. The summed E-state index contributed by atoms with van der Waals surface area (Å²) in [6, 6.07) is 20.8. The van der Waals surface area contributed by atoms with Gasteiger partial charge in [0.05, 0.1) is 0 Å². The van der Waals surface area contributed by atoms with Crippen LogP contribution in [0.1, 0.15) is 26.3 Å². The van der Waals surface area contributed by atoms with E-state index >= 15 is 0 Å². The van der Waals surface area contributed by atoms with Gasteiger partial charge >= 0.3 is 0 Å². The van der Waals surface area contributed by atoms with Crippen molar-refractivity contribution in [3.63, 3.8) is 0 Å². The van der Waals surface area contributed by atoms with Crippen LogP contribution in [0.4, 0.5) is 5.69 Å². The highest BCUT2D eigenvalue weighted by atomic mass is 16.7. The Morgan fingerprint density at radius 1 is 0.731 bits per heavy atom. The average molecular weight is 345 g/mol. The van der Waals surface area contributed by atoms with Crippen LogP contribution in [0, 0.1) is 0 Å². The third kappa shape index (κ3) is 3.15. The van der Waals surface area contributed by atoms with Gasteiger partial charge in [-0.2, -0.15) is 0 Å². The van der Waals surface area contributed by atoms with Crippen molar-refractivity contribution >= 4 is 17.4 Å². The fraction of sp³-hybridized carbons (Fsp3) is 0.0476. The van der Waals surface area contributed by atoms with Crippen LogP contribution in [0.3, 0.4) is 0 Å². The number of amides is 1. The number of anilines is 1. The van der Waals surface area contributed by atoms with Gasteiger partial charge in [-0.05, 0) is 24.3 Å². The van der Waals surface area contributed by atoms with Crippen molar-refractivity contribution in [2.75, 3.05) is 12.1 Å². The number of fused-ring (bicyclic) bond motifs is 1. The van der Waals surface area contributed by atoms with Crippen LogP contribution in [-0.4, -0.2) is 18.5 Å². The molecule has 0 unspecified atom stereocenters. The third-order valence-corrected chi connectivity index (χ3v) is 4.08. The molecule has 1 N–H and O–H groups in total. The minimum absolute atomic E-state index is 0.0756. The van der Waals surface area contributed by atoms with Crippen molar-refractivity contribution in [2.45, 2.75) is 0 Å². The van der Waals surface area contributed by atoms with Crippen molar-refractivity contribution in [3.8, 4) is 11.5 Å². The number of carbonyl (C=O) groups excluding carboxylic acids is 2. The topological polar surface area (TPSA) is 64.6 Å². The van der Waals surface area contributed by atoms with Crippen LogP contribution in [0.2, 0.25) is 0 Å². The molecule has 0 fully saturated rings. The standard InChI is InChI=1S/C21H15NO4/c23-20(14-4-2-1-3-5-14)15-6-8-16(9-7-15)21(24)22-17-10-11-18-19(12-17)26-13-25-18/h1-12H,13H2,(H,22,24). The van der Waals surface area contributed by atoms with Gasteiger partial charge in [-0.15, -0.1) is 0 Å². The van der Waals surface area contributed by atoms with E-state index in [-0.39, 0.29) is 18.5 Å². The van der Waals surface area contributed by atoms with Crippen LogP contribution < -0.4 is 14.8 Å². The van der Waals surface area contributed by atoms with Crippen molar-refractivity contribution in [1.82, 2.24) is 0 Å². The number of ketones is 1. The molecule has 0 aliphatic carbocycles. The predicted molar refractivity (Wildman–Crippen MR) is 96.8 cm³/mol. The highest BCUT2D eigenvalue weighted by molar-refractivity contribution is 6.10. The molecule has 3 aromatic rings. The molecule has 0 saturated heterocycles. The molecule has 0 atom stereocenters. The smallest absolute Gasteiger partial charge is 0.255 e. The molecule has 1 aliphatic rings. The Kier molecular flexibility index (Phi) is 4.11. The summed E-state index contributed by atoms with van der Waals surface area (Å²) in [5.74, 6) is 0.925. The van der Waals surface area contributed by atoms with Crippen LogP contribution in [-0.2, 0) is 0 Å². The summed E-state index contributed by atoms with van der Waals surface area (Å²) in [7, 11) is 0. The molecule has 1 amide bonds. The van der Waals surface area contributed by atoms with Crippen molar-refractivity contribution in [3.05, 3.63) is 89.5 Å². The third-order valence-electron chi connectivity index (χ3n) is 4.08. The first-order chi connectivity index (χ1) is 12.7. The lowest BCUT2D eigenvalue weighted by atomic mass is 10.0. The fourth-order valence-corrected chi connectivity index (χ4v) is 2.71. The Labute approximate surface area is 150 Å². The zero-order valence-electron chi connectivity index (χ0n) is 13.8. The summed E-state index contributed by atoms with van der Waals surface area (Å²) < 4.78 is 10.5. The van der Waals surface area contributed by atoms with Crippen molar-refractivity contribution in [2.24, 2.45) is 0 Å². The average Bonchev–Trinajstić information content (AvgIpc) is 3.16. The van der Waals surface area contributed by atoms with Gasteiger partial charge in [-0.25, -0.2) is 0 Å². The maximum absolute atomic E-state index is 12.4. The van der Waals surface area contributed by atoms with E-state index in [1.54, 1.807) is 54.6 Å². The number of hydrogen-bond acceptors (Lipinski definition) is 4. The Hall–Kier alpha value is -3.60. The zero-order chi connectivity index (χ0) is 17.9. The molecule has 0 aromatic heterocycles. The Morgan fingerprint density at radius 2 is 1.38 bits per heavy atom. The van der Waals surface area contributed by atoms with Crippen LogP contribution in [0.5, 0.6) is 11.5 Å². The Balaban J connectivity index is 1.48. The maximum Gasteiger partial charge on any atom is 0.255 e. The highest BCUT2D eigenvalue weighted by Gasteiger charge is 2.15. The molecular formula is C21H15NO4. The van der Waals surface area contributed by atoms with E-state index in [1.807, 2.05) is 18.2 Å². The monoisotopic (exact) mass is 345 g/mol. The largest absolute Gasteiger partial charge is 0.454 e. The van der Waals surface area contributed by atoms with Crippen LogP contribution in [0.25, 0.3) is 0 Å². The van der Waals surface area contributed by atoms with Gasteiger partial charge < -0.3 is 14.8 Å². The van der Waals surface area contributed by atoms with E-state index in [1.165, 1.54) is 0 Å². The van der Waals surface area contributed by atoms with Gasteiger partial charge in [0.1, 0.15) is 0 Å². The molecule has 0 bridgehead atoms. The van der Waals surface area contributed by atoms with Gasteiger partial charge in [-0.1, -0.05) is 42.5 Å². The molecule has 0 radical (unpaired) electrons. The first kappa shape index (κ1) is 15.9. The van der Waals surface area contributed by atoms with Gasteiger partial charge in [0.2, 0.25) is 6.79 Å². The van der Waals surface area contributed by atoms with E-state index in [2.05, 4.69) is 5.32 Å². The van der Waals surface area contributed by atoms with Gasteiger partial charge in [0, 0.05) is 28.4 Å². The molecule has 4 rings (SSSR count). The molecule has 26 heavy (non-hydrogen) atoms. The second-order valence-corrected chi connectivity index (χ2v) is 5.79. The molecule has 0 spiro atoms. The zero-order valence-corrected chi connectivity index (χ0v) is 13.8. The van der Waals surface area contributed by atoms with Crippen molar-refractivity contribution in [1.29, 1.82) is 0 Å². The molecular weight excluding hydrogens is 330 g/mol. The number of carbonyl (C=O) groups is 2. The summed E-state index contributed by atoms with van der Waals surface area (Å²) >= 11 is 0. The minimum atomic E-state index is -0.262. The first-order valence-electron chi connectivity index (χ1n) is 8.11. The second-order valence-electron chi connectivity index (χ2n) is 5.79. The fourth-order valence-electron chi connectivity index (χ4n) is 2.71. The van der Waals surface area contributed by atoms with Gasteiger partial charge in [0.25, 0.3) is 5.91 Å². The number of hydrogen-bond donors (Lipinski definition) is 1. The molecule has 0 saturated carbocycles. The second kappa shape index (κ2) is 6.72. The summed E-state index contributed by atoms with van der Waals surface area (Å²) in [4.78, 5) is 24.8. The summed E-state index contributed by atoms with van der Waals surface area (Å²) in [5, 5.41) is 2.81. The molecule has 3 aromatic carbocycles. The maximum atomic E-state index is 12.4. The van der Waals surface area contributed by atoms with E-state index in [9.17, 15) is 9.59 Å². The van der Waals surface area contributed by atoms with Crippen molar-refractivity contribution < 1.29 is 19.1 Å². The normalized spacial score (nSPS) is 11.8. The van der Waals surface area contributed by atoms with Crippen LogP contribution >= 0.6 is 0 Å². The minimum Gasteiger partial charge on any atom is -0.454 e. The molecule has 5 heteroatoms. The van der Waals surface area contributed by atoms with Gasteiger partial charge in [0.15, 0.2) is 17.3 Å². The first-order valence-corrected chi connectivity index (χ1v) is 8.11. The highest BCUT2D eigenvalue weighted by Crippen LogP contribution is 2.34. The number of benzene rings is 3. The SMILES string of the molecule is O=C(Nc1ccc2c(c1)OCO2)c1ccc(C(=O)c2ccccc2)cc1. The summed E-state index contributed by atoms with van der Waals surface area (Å²) in [6.07, 6.45) is 0. The predicted octanol–water partition coefficient (Wildman–Crippen LogP) is 3.90. The lowest BCUT2D eigenvalue weighted by Crippen LogP contribution is -2.12. The molecule has 1 aliphatic heterocycles. The quantitative estimate of drug-likeness (QED) is 0.729. The summed E-state index contributed by atoms with van der Waals surface area (Å²) in [6.45, 7) is 0.184.